The Balaban J connectivity index is 2.06. The molecule has 0 unspecified atom stereocenters. The smallest absolute Gasteiger partial charge is 0.243 e. The summed E-state index contributed by atoms with van der Waals surface area (Å²) in [4.78, 5) is -0.716. The van der Waals surface area contributed by atoms with E-state index in [1.807, 2.05) is 0 Å². The second kappa shape index (κ2) is 5.68. The zero-order valence-electron chi connectivity index (χ0n) is 10.6. The lowest BCUT2D eigenvalue weighted by Crippen LogP contribution is -2.26. The summed E-state index contributed by atoms with van der Waals surface area (Å²) in [6, 6.07) is 3.92. The normalized spacial score (nSPS) is 11.8. The molecule has 0 aliphatic heterocycles. The molecule has 0 fully saturated rings. The number of sulfonamides is 1. The van der Waals surface area contributed by atoms with Crippen molar-refractivity contribution in [1.29, 1.82) is 0 Å². The maximum atomic E-state index is 13.4. The molecular weight excluding hydrogens is 290 g/mol. The van der Waals surface area contributed by atoms with E-state index < -0.39 is 26.6 Å². The van der Waals surface area contributed by atoms with Crippen molar-refractivity contribution in [2.45, 2.75) is 18.2 Å². The van der Waals surface area contributed by atoms with Gasteiger partial charge in [-0.3, -0.25) is 0 Å². The van der Waals surface area contributed by atoms with E-state index in [9.17, 15) is 17.2 Å². The first-order chi connectivity index (χ1) is 9.38. The number of hydrogen-bond acceptors (Lipinski definition) is 4. The molecule has 1 heterocycles. The van der Waals surface area contributed by atoms with Crippen LogP contribution in [0.25, 0.3) is 0 Å². The summed E-state index contributed by atoms with van der Waals surface area (Å²) in [5, 5.41) is 3.65. The molecule has 0 saturated heterocycles. The number of aromatic nitrogens is 1. The standard InChI is InChI=1S/C12H12F2N2O3S/c1-8-6-10(19-16-8)4-5-15-20(17,18)12-7-9(13)2-3-11(12)14/h2-3,6-7,15H,4-5H2,1H3. The number of benzene rings is 1. The van der Waals surface area contributed by atoms with Crippen molar-refractivity contribution < 1.29 is 21.7 Å². The fourth-order valence-corrected chi connectivity index (χ4v) is 2.72. The predicted octanol–water partition coefficient (Wildman–Crippen LogP) is 1.78. The quantitative estimate of drug-likeness (QED) is 0.914. The van der Waals surface area contributed by atoms with E-state index in [4.69, 9.17) is 4.52 Å². The zero-order valence-corrected chi connectivity index (χ0v) is 11.4. The molecule has 1 N–H and O–H groups in total. The largest absolute Gasteiger partial charge is 0.361 e. The molecule has 2 aromatic rings. The highest BCUT2D eigenvalue weighted by molar-refractivity contribution is 7.89. The third-order valence-electron chi connectivity index (χ3n) is 2.52. The average molecular weight is 302 g/mol. The second-order valence-corrected chi connectivity index (χ2v) is 5.89. The van der Waals surface area contributed by atoms with E-state index in [0.717, 1.165) is 12.1 Å². The van der Waals surface area contributed by atoms with Gasteiger partial charge >= 0.3 is 0 Å². The van der Waals surface area contributed by atoms with Crippen molar-refractivity contribution in [3.05, 3.63) is 47.4 Å². The minimum absolute atomic E-state index is 0.00702. The van der Waals surface area contributed by atoms with E-state index in [1.54, 1.807) is 13.0 Å². The van der Waals surface area contributed by atoms with Gasteiger partial charge in [0.05, 0.1) is 5.69 Å². The molecule has 108 valence electrons. The van der Waals surface area contributed by atoms with Crippen LogP contribution < -0.4 is 4.72 Å². The molecule has 0 amide bonds. The van der Waals surface area contributed by atoms with Crippen molar-refractivity contribution in [2.24, 2.45) is 0 Å². The molecule has 0 aliphatic rings. The Kier molecular flexibility index (Phi) is 4.15. The first kappa shape index (κ1) is 14.6. The van der Waals surface area contributed by atoms with Crippen molar-refractivity contribution >= 4 is 10.0 Å². The number of rotatable bonds is 5. The fraction of sp³-hybridized carbons (Fsp3) is 0.250. The highest BCUT2D eigenvalue weighted by atomic mass is 32.2. The van der Waals surface area contributed by atoms with Crippen LogP contribution in [0, 0.1) is 18.6 Å². The Labute approximate surface area is 114 Å². The van der Waals surface area contributed by atoms with Crippen LogP contribution in [0.4, 0.5) is 8.78 Å². The van der Waals surface area contributed by atoms with Crippen LogP contribution in [0.5, 0.6) is 0 Å². The van der Waals surface area contributed by atoms with Crippen LogP contribution >= 0.6 is 0 Å². The van der Waals surface area contributed by atoms with Crippen LogP contribution in [-0.2, 0) is 16.4 Å². The first-order valence-electron chi connectivity index (χ1n) is 5.75. The molecule has 0 spiro atoms. The molecular formula is C12H12F2N2O3S. The number of hydrogen-bond donors (Lipinski definition) is 1. The summed E-state index contributed by atoms with van der Waals surface area (Å²) in [6.07, 6.45) is 0.261. The number of nitrogens with one attached hydrogen (secondary N) is 1. The van der Waals surface area contributed by atoms with Gasteiger partial charge in [0.1, 0.15) is 22.3 Å². The van der Waals surface area contributed by atoms with Crippen LogP contribution in [0.2, 0.25) is 0 Å². The monoisotopic (exact) mass is 302 g/mol. The predicted molar refractivity (Wildman–Crippen MR) is 66.5 cm³/mol. The van der Waals surface area contributed by atoms with Gasteiger partial charge in [-0.1, -0.05) is 5.16 Å². The van der Waals surface area contributed by atoms with Gasteiger partial charge in [-0.15, -0.1) is 0 Å². The number of aryl methyl sites for hydroxylation is 1. The van der Waals surface area contributed by atoms with Crippen LogP contribution in [0.15, 0.2) is 33.7 Å². The molecule has 1 aromatic carbocycles. The molecule has 2 rings (SSSR count). The summed E-state index contributed by atoms with van der Waals surface area (Å²) in [5.74, 6) is -1.32. The molecule has 0 atom stereocenters. The Morgan fingerprint density at radius 2 is 2.05 bits per heavy atom. The molecule has 20 heavy (non-hydrogen) atoms. The van der Waals surface area contributed by atoms with Crippen LogP contribution in [-0.4, -0.2) is 20.1 Å². The minimum atomic E-state index is -4.10. The minimum Gasteiger partial charge on any atom is -0.361 e. The van der Waals surface area contributed by atoms with Gasteiger partial charge in [0.25, 0.3) is 0 Å². The second-order valence-electron chi connectivity index (χ2n) is 4.16. The molecule has 5 nitrogen and oxygen atoms in total. The Morgan fingerprint density at radius 1 is 1.30 bits per heavy atom. The topological polar surface area (TPSA) is 72.2 Å². The van der Waals surface area contributed by atoms with E-state index >= 15 is 0 Å². The van der Waals surface area contributed by atoms with E-state index in [-0.39, 0.29) is 13.0 Å². The summed E-state index contributed by atoms with van der Waals surface area (Å²) in [7, 11) is -4.10. The highest BCUT2D eigenvalue weighted by Crippen LogP contribution is 2.15. The van der Waals surface area contributed by atoms with Gasteiger partial charge in [0, 0.05) is 19.0 Å². The van der Waals surface area contributed by atoms with Crippen molar-refractivity contribution in [3.8, 4) is 0 Å². The van der Waals surface area contributed by atoms with Crippen molar-refractivity contribution in [1.82, 2.24) is 9.88 Å². The molecule has 0 aliphatic carbocycles. The third-order valence-corrected chi connectivity index (χ3v) is 4.00. The molecule has 8 heteroatoms. The van der Waals surface area contributed by atoms with Crippen molar-refractivity contribution in [2.75, 3.05) is 6.54 Å². The number of nitrogens with zero attached hydrogens (tertiary/aromatic N) is 1. The number of halogens is 2. The van der Waals surface area contributed by atoms with Crippen LogP contribution in [0.1, 0.15) is 11.5 Å². The zero-order chi connectivity index (χ0) is 14.8. The van der Waals surface area contributed by atoms with Gasteiger partial charge in [-0.2, -0.15) is 0 Å². The molecule has 0 saturated carbocycles. The average Bonchev–Trinajstić information content (AvgIpc) is 2.78. The Morgan fingerprint density at radius 3 is 2.70 bits per heavy atom. The van der Waals surface area contributed by atoms with E-state index in [0.29, 0.717) is 17.5 Å². The summed E-state index contributed by atoms with van der Waals surface area (Å²) < 4.78 is 57.2. The summed E-state index contributed by atoms with van der Waals surface area (Å²) in [6.45, 7) is 1.73. The van der Waals surface area contributed by atoms with E-state index in [1.165, 1.54) is 0 Å². The summed E-state index contributed by atoms with van der Waals surface area (Å²) >= 11 is 0. The highest BCUT2D eigenvalue weighted by Gasteiger charge is 2.19. The first-order valence-corrected chi connectivity index (χ1v) is 7.24. The van der Waals surface area contributed by atoms with Gasteiger partial charge in [-0.05, 0) is 25.1 Å². The van der Waals surface area contributed by atoms with Gasteiger partial charge in [0.15, 0.2) is 0 Å². The van der Waals surface area contributed by atoms with Crippen molar-refractivity contribution in [3.63, 3.8) is 0 Å². The lowest BCUT2D eigenvalue weighted by atomic mass is 10.3. The summed E-state index contributed by atoms with van der Waals surface area (Å²) in [5.41, 5.74) is 0.680. The lowest BCUT2D eigenvalue weighted by molar-refractivity contribution is 0.379. The van der Waals surface area contributed by atoms with Crippen LogP contribution in [0.3, 0.4) is 0 Å². The van der Waals surface area contributed by atoms with Gasteiger partial charge in [0.2, 0.25) is 10.0 Å². The molecule has 0 radical (unpaired) electrons. The molecule has 1 aromatic heterocycles. The third kappa shape index (κ3) is 3.40. The maximum Gasteiger partial charge on any atom is 0.243 e. The fourth-order valence-electron chi connectivity index (χ4n) is 1.60. The van der Waals surface area contributed by atoms with Gasteiger partial charge < -0.3 is 4.52 Å². The van der Waals surface area contributed by atoms with Gasteiger partial charge in [-0.25, -0.2) is 21.9 Å². The maximum absolute atomic E-state index is 13.4. The Hall–Kier alpha value is -1.80. The molecule has 0 bridgehead atoms. The lowest BCUT2D eigenvalue weighted by Gasteiger charge is -2.06. The Bertz CT molecular complexity index is 713. The SMILES string of the molecule is Cc1cc(CCNS(=O)(=O)c2cc(F)ccc2F)on1. The van der Waals surface area contributed by atoms with E-state index in [2.05, 4.69) is 9.88 Å².